The van der Waals surface area contributed by atoms with Crippen LogP contribution in [0.1, 0.15) is 38.5 Å². The Morgan fingerprint density at radius 1 is 0.920 bits per heavy atom. The van der Waals surface area contributed by atoms with Crippen molar-refractivity contribution in [2.45, 2.75) is 44.1 Å². The summed E-state index contributed by atoms with van der Waals surface area (Å²) < 4.78 is 21.7. The molecule has 1 N–H and O–H groups in total. The number of carbonyl (C=O) groups excluding carboxylic acids is 1. The van der Waals surface area contributed by atoms with Gasteiger partial charge in [0.1, 0.15) is 12.2 Å². The first kappa shape index (κ1) is 18.7. The summed E-state index contributed by atoms with van der Waals surface area (Å²) in [6.07, 6.45) is 6.97. The molecule has 0 amide bonds. The van der Waals surface area contributed by atoms with Gasteiger partial charge in [-0.25, -0.2) is 4.79 Å². The van der Waals surface area contributed by atoms with Crippen LogP contribution in [0.25, 0.3) is 0 Å². The Kier molecular flexibility index (Phi) is 6.36. The van der Waals surface area contributed by atoms with E-state index in [9.17, 15) is 4.79 Å². The minimum atomic E-state index is -0.423. The van der Waals surface area contributed by atoms with E-state index in [2.05, 4.69) is 6.58 Å². The maximum absolute atomic E-state index is 12.3. The zero-order valence-corrected chi connectivity index (χ0v) is 14.9. The molecule has 25 heavy (non-hydrogen) atoms. The fourth-order valence-electron chi connectivity index (χ4n) is 5.08. The monoisotopic (exact) mass is 354 g/mol. The summed E-state index contributed by atoms with van der Waals surface area (Å²) in [5.41, 5.74) is -0.265. The standard InChI is InChI=1S/C19H30O6/c1-14(24-7-6-23-5-4-22-3-2-20)18(21)25-19-11-15-8-16(12-19)10-17(9-15)13-19/h15-17,20H,1-13H2. The molecule has 0 atom stereocenters. The second-order valence-corrected chi connectivity index (χ2v) is 7.71. The normalized spacial score (nSPS) is 32.6. The number of esters is 1. The lowest BCUT2D eigenvalue weighted by atomic mass is 9.54. The second-order valence-electron chi connectivity index (χ2n) is 7.71. The van der Waals surface area contributed by atoms with Gasteiger partial charge in [0, 0.05) is 0 Å². The van der Waals surface area contributed by atoms with Gasteiger partial charge in [-0.2, -0.15) is 0 Å². The van der Waals surface area contributed by atoms with Gasteiger partial charge >= 0.3 is 5.97 Å². The van der Waals surface area contributed by atoms with Gasteiger partial charge in [-0.05, 0) is 62.9 Å². The van der Waals surface area contributed by atoms with E-state index in [0.29, 0.717) is 26.4 Å². The summed E-state index contributed by atoms with van der Waals surface area (Å²) in [6, 6.07) is 0. The van der Waals surface area contributed by atoms with Crippen molar-refractivity contribution >= 4 is 5.97 Å². The number of aliphatic hydroxyl groups is 1. The largest absolute Gasteiger partial charge is 0.485 e. The van der Waals surface area contributed by atoms with Crippen LogP contribution in [0.15, 0.2) is 12.3 Å². The van der Waals surface area contributed by atoms with Crippen LogP contribution in [0.2, 0.25) is 0 Å². The summed E-state index contributed by atoms with van der Waals surface area (Å²) in [6.45, 7) is 5.49. The van der Waals surface area contributed by atoms with E-state index < -0.39 is 5.97 Å². The van der Waals surface area contributed by atoms with Crippen molar-refractivity contribution in [3.63, 3.8) is 0 Å². The van der Waals surface area contributed by atoms with E-state index in [1.165, 1.54) is 19.3 Å². The molecule has 4 aliphatic carbocycles. The van der Waals surface area contributed by atoms with Crippen molar-refractivity contribution in [2.24, 2.45) is 17.8 Å². The lowest BCUT2D eigenvalue weighted by molar-refractivity contribution is -0.185. The van der Waals surface area contributed by atoms with Crippen molar-refractivity contribution in [3.05, 3.63) is 12.3 Å². The van der Waals surface area contributed by atoms with Gasteiger partial charge in [-0.3, -0.25) is 0 Å². The highest BCUT2D eigenvalue weighted by molar-refractivity contribution is 5.85. The zero-order valence-electron chi connectivity index (χ0n) is 14.9. The molecule has 4 fully saturated rings. The molecule has 0 saturated heterocycles. The molecule has 0 aromatic carbocycles. The molecule has 0 aromatic rings. The van der Waals surface area contributed by atoms with Gasteiger partial charge in [-0.1, -0.05) is 0 Å². The third-order valence-electron chi connectivity index (χ3n) is 5.63. The number of rotatable bonds is 11. The Hall–Kier alpha value is -1.11. The average Bonchev–Trinajstić information content (AvgIpc) is 2.55. The summed E-state index contributed by atoms with van der Waals surface area (Å²) in [7, 11) is 0. The van der Waals surface area contributed by atoms with Crippen LogP contribution < -0.4 is 0 Å². The lowest BCUT2D eigenvalue weighted by Gasteiger charge is -2.55. The van der Waals surface area contributed by atoms with Crippen LogP contribution >= 0.6 is 0 Å². The molecular weight excluding hydrogens is 324 g/mol. The molecule has 4 aliphatic rings. The first-order valence-electron chi connectivity index (χ1n) is 9.41. The van der Waals surface area contributed by atoms with E-state index in [0.717, 1.165) is 37.0 Å². The number of hydrogen-bond donors (Lipinski definition) is 1. The predicted molar refractivity (Wildman–Crippen MR) is 90.8 cm³/mol. The topological polar surface area (TPSA) is 74.2 Å². The molecule has 0 radical (unpaired) electrons. The van der Waals surface area contributed by atoms with E-state index >= 15 is 0 Å². The molecule has 4 rings (SSSR count). The molecule has 0 aliphatic heterocycles. The summed E-state index contributed by atoms with van der Waals surface area (Å²) in [4.78, 5) is 12.3. The Morgan fingerprint density at radius 3 is 2.00 bits per heavy atom. The van der Waals surface area contributed by atoms with Gasteiger partial charge in [-0.15, -0.1) is 0 Å². The molecule has 0 spiro atoms. The molecule has 0 aromatic heterocycles. The highest BCUT2D eigenvalue weighted by Gasteiger charge is 2.53. The lowest BCUT2D eigenvalue weighted by Crippen LogP contribution is -2.52. The van der Waals surface area contributed by atoms with Gasteiger partial charge in [0.05, 0.1) is 33.0 Å². The SMILES string of the molecule is C=C(OCCOCCOCCO)C(=O)OC12CC3CC(CC(C3)C1)C2. The highest BCUT2D eigenvalue weighted by Crippen LogP contribution is 2.57. The van der Waals surface area contributed by atoms with Crippen molar-refractivity contribution in [1.82, 2.24) is 0 Å². The van der Waals surface area contributed by atoms with Crippen molar-refractivity contribution in [3.8, 4) is 0 Å². The van der Waals surface area contributed by atoms with Crippen molar-refractivity contribution in [1.29, 1.82) is 0 Å². The van der Waals surface area contributed by atoms with Gasteiger partial charge in [0.25, 0.3) is 0 Å². The third-order valence-corrected chi connectivity index (χ3v) is 5.63. The average molecular weight is 354 g/mol. The first-order chi connectivity index (χ1) is 12.1. The Balaban J connectivity index is 1.32. The van der Waals surface area contributed by atoms with Crippen LogP contribution in [0.3, 0.4) is 0 Å². The first-order valence-corrected chi connectivity index (χ1v) is 9.41. The molecular formula is C19H30O6. The Morgan fingerprint density at radius 2 is 1.44 bits per heavy atom. The van der Waals surface area contributed by atoms with E-state index in [1.807, 2.05) is 0 Å². The highest BCUT2D eigenvalue weighted by atomic mass is 16.6. The molecule has 6 nitrogen and oxygen atoms in total. The molecule has 142 valence electrons. The molecule has 0 heterocycles. The minimum absolute atomic E-state index is 0.00871. The Bertz CT molecular complexity index is 439. The smallest absolute Gasteiger partial charge is 0.373 e. The molecule has 0 unspecified atom stereocenters. The van der Waals surface area contributed by atoms with E-state index in [-0.39, 0.29) is 24.6 Å². The second kappa shape index (κ2) is 8.52. The maximum Gasteiger partial charge on any atom is 0.373 e. The van der Waals surface area contributed by atoms with Crippen LogP contribution in [0.4, 0.5) is 0 Å². The fourth-order valence-corrected chi connectivity index (χ4v) is 5.08. The molecule has 6 heteroatoms. The quantitative estimate of drug-likeness (QED) is 0.265. The van der Waals surface area contributed by atoms with E-state index in [1.54, 1.807) is 0 Å². The van der Waals surface area contributed by atoms with Crippen molar-refractivity contribution < 1.29 is 28.8 Å². The van der Waals surface area contributed by atoms with Gasteiger partial charge in [0.15, 0.2) is 5.76 Å². The summed E-state index contributed by atoms with van der Waals surface area (Å²) in [5.74, 6) is 1.84. The summed E-state index contributed by atoms with van der Waals surface area (Å²) in [5, 5.41) is 8.57. The fraction of sp³-hybridized carbons (Fsp3) is 0.842. The Labute approximate surface area is 149 Å². The third kappa shape index (κ3) is 4.96. The van der Waals surface area contributed by atoms with E-state index in [4.69, 9.17) is 24.1 Å². The van der Waals surface area contributed by atoms with Crippen LogP contribution in [-0.4, -0.2) is 56.3 Å². The number of ether oxygens (including phenoxy) is 4. The van der Waals surface area contributed by atoms with Crippen LogP contribution in [0.5, 0.6) is 0 Å². The number of hydrogen-bond acceptors (Lipinski definition) is 6. The minimum Gasteiger partial charge on any atom is -0.485 e. The predicted octanol–water partition coefficient (Wildman–Crippen LogP) is 2.05. The molecule has 4 saturated carbocycles. The number of aliphatic hydroxyl groups excluding tert-OH is 1. The van der Waals surface area contributed by atoms with Crippen LogP contribution in [-0.2, 0) is 23.7 Å². The maximum atomic E-state index is 12.3. The molecule has 4 bridgehead atoms. The number of carbonyl (C=O) groups is 1. The van der Waals surface area contributed by atoms with Gasteiger partial charge in [0.2, 0.25) is 0 Å². The van der Waals surface area contributed by atoms with Gasteiger partial charge < -0.3 is 24.1 Å². The van der Waals surface area contributed by atoms with Crippen molar-refractivity contribution in [2.75, 3.05) is 39.6 Å². The van der Waals surface area contributed by atoms with Crippen LogP contribution in [0, 0.1) is 17.8 Å². The zero-order chi connectivity index (χ0) is 17.7. The summed E-state index contributed by atoms with van der Waals surface area (Å²) >= 11 is 0.